The van der Waals surface area contributed by atoms with Crippen LogP contribution in [0.2, 0.25) is 0 Å². The second-order valence-corrected chi connectivity index (χ2v) is 7.00. The Hall–Kier alpha value is -2.76. The molecule has 10 heteroatoms. The molecule has 0 saturated heterocycles. The number of hydrogen-bond donors (Lipinski definition) is 2. The lowest BCUT2D eigenvalue weighted by molar-refractivity contribution is -0.121. The van der Waals surface area contributed by atoms with Gasteiger partial charge in [-0.25, -0.2) is 4.39 Å². The maximum absolute atomic E-state index is 14.2. The third-order valence-electron chi connectivity index (χ3n) is 4.00. The summed E-state index contributed by atoms with van der Waals surface area (Å²) in [5.41, 5.74) is -0.572. The minimum absolute atomic E-state index is 0.0847. The predicted molar refractivity (Wildman–Crippen MR) is 108 cm³/mol. The number of aromatic nitrogens is 3. The molecule has 3 aromatic rings. The van der Waals surface area contributed by atoms with Crippen LogP contribution in [-0.4, -0.2) is 27.1 Å². The Morgan fingerprint density at radius 1 is 1.26 bits per heavy atom. The summed E-state index contributed by atoms with van der Waals surface area (Å²) in [5, 5.41) is 5.36. The predicted octanol–water partition coefficient (Wildman–Crippen LogP) is 1.33. The maximum atomic E-state index is 14.2. The number of benzene rings is 1. The molecule has 0 aliphatic heterocycles. The van der Waals surface area contributed by atoms with Gasteiger partial charge in [-0.1, -0.05) is 0 Å². The van der Waals surface area contributed by atoms with Crippen LogP contribution in [-0.2, 0) is 18.4 Å². The molecule has 0 bridgehead atoms. The summed E-state index contributed by atoms with van der Waals surface area (Å²) in [6.45, 7) is -0.130. The molecule has 0 saturated carbocycles. The highest BCUT2D eigenvalue weighted by Crippen LogP contribution is 2.25. The number of amides is 1. The highest BCUT2D eigenvalue weighted by Gasteiger charge is 2.16. The summed E-state index contributed by atoms with van der Waals surface area (Å²) in [6, 6.07) is 5.73. The van der Waals surface area contributed by atoms with Crippen LogP contribution in [0, 0.1) is 9.39 Å². The Labute approximate surface area is 166 Å². The van der Waals surface area contributed by atoms with E-state index in [0.29, 0.717) is 3.57 Å². The second-order valence-electron chi connectivity index (χ2n) is 5.75. The van der Waals surface area contributed by atoms with Crippen LogP contribution >= 0.6 is 22.6 Å². The first-order valence-electron chi connectivity index (χ1n) is 7.83. The minimum atomic E-state index is -0.595. The number of fused-ring (bicyclic) bond motifs is 1. The monoisotopic (exact) mass is 483 g/mol. The van der Waals surface area contributed by atoms with Gasteiger partial charge in [-0.15, -0.1) is 0 Å². The summed E-state index contributed by atoms with van der Waals surface area (Å²) < 4.78 is 17.6. The molecule has 0 fully saturated rings. The first kappa shape index (κ1) is 19.0. The zero-order valence-electron chi connectivity index (χ0n) is 14.4. The quantitative estimate of drug-likeness (QED) is 0.546. The number of rotatable bonds is 4. The topological polar surface area (TPSA) is 98.0 Å². The van der Waals surface area contributed by atoms with E-state index in [9.17, 15) is 18.8 Å². The van der Waals surface area contributed by atoms with Crippen molar-refractivity contribution in [3.05, 3.63) is 60.7 Å². The Kier molecular flexibility index (Phi) is 5.26. The summed E-state index contributed by atoms with van der Waals surface area (Å²) in [4.78, 5) is 40.4. The van der Waals surface area contributed by atoms with E-state index in [-0.39, 0.29) is 34.9 Å². The molecule has 2 aromatic heterocycles. The van der Waals surface area contributed by atoms with Gasteiger partial charge in [-0.2, -0.15) is 4.98 Å². The number of carbonyl (C=O) groups is 1. The lowest BCUT2D eigenvalue weighted by Crippen LogP contribution is -2.29. The standard InChI is InChI=1S/C17H15FIN5O3/c1-20-13(25)7-24-8-21-16(27)15-12(6-14(26)23(2)17(15)24)22-11-4-3-9(19)5-10(11)18/h3-6,8,22H,7H2,1-2H3,(H,20,25). The number of carbonyl (C=O) groups excluding carboxylic acids is 1. The SMILES string of the molecule is CNC(=O)Cn1cnc(=O)c2c(Nc3ccc(I)cc3F)cc(=O)n(C)c21. The van der Waals surface area contributed by atoms with Crippen molar-refractivity contribution >= 4 is 50.9 Å². The number of likely N-dealkylation sites (N-methyl/N-ethyl adjacent to an activating group) is 1. The molecule has 2 N–H and O–H groups in total. The molecule has 0 spiro atoms. The van der Waals surface area contributed by atoms with E-state index in [1.165, 1.54) is 47.8 Å². The first-order valence-corrected chi connectivity index (χ1v) is 8.91. The Bertz CT molecular complexity index is 1170. The Morgan fingerprint density at radius 3 is 2.67 bits per heavy atom. The van der Waals surface area contributed by atoms with Crippen molar-refractivity contribution in [3.8, 4) is 0 Å². The van der Waals surface area contributed by atoms with E-state index in [4.69, 9.17) is 0 Å². The van der Waals surface area contributed by atoms with Crippen LogP contribution in [0.1, 0.15) is 0 Å². The zero-order chi connectivity index (χ0) is 19.7. The molecule has 0 aliphatic rings. The number of halogens is 2. The highest BCUT2D eigenvalue weighted by atomic mass is 127. The summed E-state index contributed by atoms with van der Waals surface area (Å²) in [7, 11) is 2.96. The lowest BCUT2D eigenvalue weighted by atomic mass is 10.2. The van der Waals surface area contributed by atoms with Gasteiger partial charge in [0, 0.05) is 23.7 Å². The van der Waals surface area contributed by atoms with Crippen LogP contribution in [0.5, 0.6) is 0 Å². The van der Waals surface area contributed by atoms with Gasteiger partial charge in [-0.3, -0.25) is 19.0 Å². The number of hydrogen-bond acceptors (Lipinski definition) is 5. The van der Waals surface area contributed by atoms with E-state index in [1.807, 2.05) is 22.6 Å². The molecule has 0 aliphatic carbocycles. The van der Waals surface area contributed by atoms with Crippen molar-refractivity contribution in [2.24, 2.45) is 7.05 Å². The molecule has 8 nitrogen and oxygen atoms in total. The fraction of sp³-hybridized carbons (Fsp3) is 0.176. The van der Waals surface area contributed by atoms with Gasteiger partial charge in [0.05, 0.1) is 11.4 Å². The average molecular weight is 483 g/mol. The fourth-order valence-electron chi connectivity index (χ4n) is 2.66. The normalized spacial score (nSPS) is 10.8. The summed E-state index contributed by atoms with van der Waals surface area (Å²) in [5.74, 6) is -0.846. The highest BCUT2D eigenvalue weighted by molar-refractivity contribution is 14.1. The van der Waals surface area contributed by atoms with E-state index in [1.54, 1.807) is 6.07 Å². The first-order chi connectivity index (χ1) is 12.8. The molecule has 0 atom stereocenters. The van der Waals surface area contributed by atoms with Gasteiger partial charge in [-0.05, 0) is 40.8 Å². The maximum Gasteiger partial charge on any atom is 0.284 e. The average Bonchev–Trinajstić information content (AvgIpc) is 2.62. The van der Waals surface area contributed by atoms with Crippen molar-refractivity contribution in [2.45, 2.75) is 6.54 Å². The van der Waals surface area contributed by atoms with Gasteiger partial charge >= 0.3 is 0 Å². The third kappa shape index (κ3) is 3.70. The van der Waals surface area contributed by atoms with Crippen LogP contribution in [0.15, 0.2) is 40.2 Å². The van der Waals surface area contributed by atoms with Crippen molar-refractivity contribution in [3.63, 3.8) is 0 Å². The molecule has 0 radical (unpaired) electrons. The second kappa shape index (κ2) is 7.47. The number of pyridine rings is 1. The smallest absolute Gasteiger partial charge is 0.284 e. The van der Waals surface area contributed by atoms with E-state index < -0.39 is 16.9 Å². The fourth-order valence-corrected chi connectivity index (χ4v) is 3.11. The molecule has 27 heavy (non-hydrogen) atoms. The van der Waals surface area contributed by atoms with Gasteiger partial charge in [0.15, 0.2) is 0 Å². The largest absolute Gasteiger partial charge is 0.358 e. The Morgan fingerprint density at radius 2 is 2.00 bits per heavy atom. The Balaban J connectivity index is 2.26. The van der Waals surface area contributed by atoms with Crippen LogP contribution in [0.25, 0.3) is 11.0 Å². The molecular formula is C17H15FIN5O3. The minimum Gasteiger partial charge on any atom is -0.358 e. The van der Waals surface area contributed by atoms with Gasteiger partial charge in [0.2, 0.25) is 5.91 Å². The van der Waals surface area contributed by atoms with Gasteiger partial charge < -0.3 is 15.2 Å². The molecule has 140 valence electrons. The van der Waals surface area contributed by atoms with Crippen LogP contribution in [0.3, 0.4) is 0 Å². The number of anilines is 2. The van der Waals surface area contributed by atoms with Gasteiger partial charge in [0.25, 0.3) is 11.1 Å². The van der Waals surface area contributed by atoms with Gasteiger partial charge in [0.1, 0.15) is 29.7 Å². The van der Waals surface area contributed by atoms with E-state index >= 15 is 0 Å². The number of nitrogens with one attached hydrogen (secondary N) is 2. The molecule has 3 rings (SSSR count). The molecular weight excluding hydrogens is 468 g/mol. The van der Waals surface area contributed by atoms with Crippen molar-refractivity contribution in [2.75, 3.05) is 12.4 Å². The third-order valence-corrected chi connectivity index (χ3v) is 4.67. The number of nitrogens with zero attached hydrogens (tertiary/aromatic N) is 3. The summed E-state index contributed by atoms with van der Waals surface area (Å²) in [6.07, 6.45) is 1.20. The zero-order valence-corrected chi connectivity index (χ0v) is 16.6. The summed E-state index contributed by atoms with van der Waals surface area (Å²) >= 11 is 1.98. The van der Waals surface area contributed by atoms with E-state index in [2.05, 4.69) is 15.6 Å². The molecule has 2 heterocycles. The lowest BCUT2D eigenvalue weighted by Gasteiger charge is -2.16. The molecule has 1 aromatic carbocycles. The number of aryl methyl sites for hydroxylation is 1. The molecule has 0 unspecified atom stereocenters. The van der Waals surface area contributed by atoms with Crippen LogP contribution in [0.4, 0.5) is 15.8 Å². The van der Waals surface area contributed by atoms with Crippen molar-refractivity contribution < 1.29 is 9.18 Å². The van der Waals surface area contributed by atoms with Crippen LogP contribution < -0.4 is 21.8 Å². The van der Waals surface area contributed by atoms with E-state index in [0.717, 1.165) is 0 Å². The molecule has 1 amide bonds. The van der Waals surface area contributed by atoms with Crippen molar-refractivity contribution in [1.29, 1.82) is 0 Å². The van der Waals surface area contributed by atoms with Crippen molar-refractivity contribution in [1.82, 2.24) is 19.4 Å².